The second kappa shape index (κ2) is 7.79. The van der Waals surface area contributed by atoms with Crippen LogP contribution in [0.25, 0.3) is 0 Å². The van der Waals surface area contributed by atoms with Gasteiger partial charge in [0.25, 0.3) is 5.91 Å². The summed E-state index contributed by atoms with van der Waals surface area (Å²) in [7, 11) is 0. The van der Waals surface area contributed by atoms with Crippen LogP contribution in [0, 0.1) is 0 Å². The van der Waals surface area contributed by atoms with Crippen LogP contribution in [0.3, 0.4) is 0 Å². The van der Waals surface area contributed by atoms with Gasteiger partial charge in [-0.1, -0.05) is 46.9 Å². The summed E-state index contributed by atoms with van der Waals surface area (Å²) in [6.07, 6.45) is 0. The number of benzene rings is 3. The molecule has 0 fully saturated rings. The van der Waals surface area contributed by atoms with E-state index in [1.807, 2.05) is 0 Å². The Hall–Kier alpha value is -2.20. The van der Waals surface area contributed by atoms with Gasteiger partial charge in [0.05, 0.1) is 15.6 Å². The number of nitrogens with one attached hydrogen (secondary N) is 1. The lowest BCUT2D eigenvalue weighted by Gasteiger charge is -2.11. The summed E-state index contributed by atoms with van der Waals surface area (Å²) in [5.41, 5.74) is 0.931. The fourth-order valence-corrected chi connectivity index (χ4v) is 2.70. The second-order valence-electron chi connectivity index (χ2n) is 5.14. The van der Waals surface area contributed by atoms with Crippen molar-refractivity contribution in [2.24, 2.45) is 0 Å². The topological polar surface area (TPSA) is 38.3 Å². The summed E-state index contributed by atoms with van der Waals surface area (Å²) < 4.78 is 5.70. The fraction of sp³-hybridized carbons (Fsp3) is 0. The Kier molecular flexibility index (Phi) is 5.49. The average molecular weight is 393 g/mol. The van der Waals surface area contributed by atoms with Gasteiger partial charge in [-0.05, 0) is 54.6 Å². The lowest BCUT2D eigenvalue weighted by atomic mass is 10.2. The Morgan fingerprint density at radius 2 is 1.56 bits per heavy atom. The highest BCUT2D eigenvalue weighted by molar-refractivity contribution is 6.34. The number of rotatable bonds is 4. The van der Waals surface area contributed by atoms with E-state index in [1.54, 1.807) is 66.7 Å². The van der Waals surface area contributed by atoms with E-state index in [2.05, 4.69) is 5.32 Å². The number of hydrogen-bond donors (Lipinski definition) is 1. The number of anilines is 1. The molecule has 0 saturated heterocycles. The SMILES string of the molecule is O=C(Nc1ccc(Oc2ccc(Cl)cc2)c(Cl)c1)c1ccccc1Cl. The molecule has 0 radical (unpaired) electrons. The zero-order valence-electron chi connectivity index (χ0n) is 12.8. The quantitative estimate of drug-likeness (QED) is 0.537. The van der Waals surface area contributed by atoms with E-state index in [-0.39, 0.29) is 5.91 Å². The van der Waals surface area contributed by atoms with E-state index in [1.165, 1.54) is 0 Å². The van der Waals surface area contributed by atoms with Crippen LogP contribution in [0.5, 0.6) is 11.5 Å². The van der Waals surface area contributed by atoms with Gasteiger partial charge in [0.15, 0.2) is 0 Å². The molecule has 3 aromatic rings. The molecule has 25 heavy (non-hydrogen) atoms. The molecule has 1 N–H and O–H groups in total. The van der Waals surface area contributed by atoms with Crippen molar-refractivity contribution >= 4 is 46.4 Å². The van der Waals surface area contributed by atoms with Crippen molar-refractivity contribution in [3.05, 3.63) is 87.4 Å². The van der Waals surface area contributed by atoms with Gasteiger partial charge in [-0.15, -0.1) is 0 Å². The second-order valence-corrected chi connectivity index (χ2v) is 6.39. The number of carbonyl (C=O) groups is 1. The first-order chi connectivity index (χ1) is 12.0. The molecule has 0 aliphatic rings. The number of halogens is 3. The smallest absolute Gasteiger partial charge is 0.257 e. The van der Waals surface area contributed by atoms with Gasteiger partial charge < -0.3 is 10.1 Å². The van der Waals surface area contributed by atoms with Crippen LogP contribution in [-0.2, 0) is 0 Å². The molecule has 0 unspecified atom stereocenters. The van der Waals surface area contributed by atoms with Crippen molar-refractivity contribution in [1.29, 1.82) is 0 Å². The molecule has 0 aliphatic carbocycles. The first kappa shape index (κ1) is 17.6. The van der Waals surface area contributed by atoms with E-state index in [0.717, 1.165) is 0 Å². The summed E-state index contributed by atoms with van der Waals surface area (Å²) in [5, 5.41) is 4.13. The van der Waals surface area contributed by atoms with E-state index >= 15 is 0 Å². The first-order valence-corrected chi connectivity index (χ1v) is 8.45. The lowest BCUT2D eigenvalue weighted by Crippen LogP contribution is -2.12. The van der Waals surface area contributed by atoms with E-state index < -0.39 is 0 Å². The number of hydrogen-bond acceptors (Lipinski definition) is 2. The molecule has 0 saturated carbocycles. The summed E-state index contributed by atoms with van der Waals surface area (Å²) in [5.74, 6) is 0.770. The Morgan fingerprint density at radius 3 is 2.24 bits per heavy atom. The summed E-state index contributed by atoms with van der Waals surface area (Å²) >= 11 is 18.1. The highest BCUT2D eigenvalue weighted by atomic mass is 35.5. The number of amides is 1. The lowest BCUT2D eigenvalue weighted by molar-refractivity contribution is 0.102. The van der Waals surface area contributed by atoms with E-state index in [0.29, 0.717) is 37.8 Å². The molecule has 0 aromatic heterocycles. The zero-order valence-corrected chi connectivity index (χ0v) is 15.1. The van der Waals surface area contributed by atoms with Crippen molar-refractivity contribution < 1.29 is 9.53 Å². The van der Waals surface area contributed by atoms with Crippen molar-refractivity contribution in [2.45, 2.75) is 0 Å². The van der Waals surface area contributed by atoms with Crippen molar-refractivity contribution in [3.8, 4) is 11.5 Å². The van der Waals surface area contributed by atoms with Crippen LogP contribution in [0.4, 0.5) is 5.69 Å². The summed E-state index contributed by atoms with van der Waals surface area (Å²) in [6, 6.07) is 18.7. The molecule has 0 heterocycles. The maximum absolute atomic E-state index is 12.3. The van der Waals surface area contributed by atoms with Gasteiger partial charge in [0.2, 0.25) is 0 Å². The average Bonchev–Trinajstić information content (AvgIpc) is 2.59. The van der Waals surface area contributed by atoms with Gasteiger partial charge in [-0.3, -0.25) is 4.79 Å². The molecule has 3 aromatic carbocycles. The minimum Gasteiger partial charge on any atom is -0.456 e. The third-order valence-electron chi connectivity index (χ3n) is 3.35. The first-order valence-electron chi connectivity index (χ1n) is 7.32. The Morgan fingerprint density at radius 1 is 0.840 bits per heavy atom. The highest BCUT2D eigenvalue weighted by Crippen LogP contribution is 2.32. The molecule has 3 rings (SSSR count). The van der Waals surface area contributed by atoms with E-state index in [9.17, 15) is 4.79 Å². The monoisotopic (exact) mass is 391 g/mol. The van der Waals surface area contributed by atoms with E-state index in [4.69, 9.17) is 39.5 Å². The Labute approximate surface area is 160 Å². The summed E-state index contributed by atoms with van der Waals surface area (Å²) in [6.45, 7) is 0. The van der Waals surface area contributed by atoms with Gasteiger partial charge in [-0.2, -0.15) is 0 Å². The zero-order chi connectivity index (χ0) is 17.8. The van der Waals surface area contributed by atoms with Crippen LogP contribution in [0.1, 0.15) is 10.4 Å². The van der Waals surface area contributed by atoms with Gasteiger partial charge in [0, 0.05) is 10.7 Å². The maximum Gasteiger partial charge on any atom is 0.257 e. The minimum atomic E-state index is -0.312. The number of carbonyl (C=O) groups excluding carboxylic acids is 1. The molecule has 1 amide bonds. The largest absolute Gasteiger partial charge is 0.456 e. The molecule has 0 bridgehead atoms. The van der Waals surface area contributed by atoms with Crippen LogP contribution >= 0.6 is 34.8 Å². The molecule has 126 valence electrons. The number of ether oxygens (including phenoxy) is 1. The van der Waals surface area contributed by atoms with Crippen molar-refractivity contribution in [1.82, 2.24) is 0 Å². The normalized spacial score (nSPS) is 10.4. The third kappa shape index (κ3) is 4.45. The predicted octanol–water partition coefficient (Wildman–Crippen LogP) is 6.69. The van der Waals surface area contributed by atoms with Crippen molar-refractivity contribution in [2.75, 3.05) is 5.32 Å². The van der Waals surface area contributed by atoms with Gasteiger partial charge in [-0.25, -0.2) is 0 Å². The van der Waals surface area contributed by atoms with Crippen LogP contribution in [-0.4, -0.2) is 5.91 Å². The minimum absolute atomic E-state index is 0.312. The Bertz CT molecular complexity index is 911. The highest BCUT2D eigenvalue weighted by Gasteiger charge is 2.11. The van der Waals surface area contributed by atoms with Gasteiger partial charge in [0.1, 0.15) is 11.5 Å². The maximum atomic E-state index is 12.3. The Balaban J connectivity index is 1.74. The van der Waals surface area contributed by atoms with Crippen LogP contribution in [0.2, 0.25) is 15.1 Å². The van der Waals surface area contributed by atoms with Crippen molar-refractivity contribution in [3.63, 3.8) is 0 Å². The molecule has 3 nitrogen and oxygen atoms in total. The van der Waals surface area contributed by atoms with Gasteiger partial charge >= 0.3 is 0 Å². The molecular formula is C19H12Cl3NO2. The fourth-order valence-electron chi connectivity index (χ4n) is 2.13. The molecule has 0 aliphatic heterocycles. The molecule has 0 atom stereocenters. The van der Waals surface area contributed by atoms with Crippen LogP contribution < -0.4 is 10.1 Å². The molecular weight excluding hydrogens is 381 g/mol. The third-order valence-corrected chi connectivity index (χ3v) is 4.23. The van der Waals surface area contributed by atoms with Crippen LogP contribution in [0.15, 0.2) is 66.7 Å². The predicted molar refractivity (Wildman–Crippen MR) is 102 cm³/mol. The molecule has 0 spiro atoms. The standard InChI is InChI=1S/C19H12Cl3NO2/c20-12-5-8-14(9-6-12)25-18-10-7-13(11-17(18)22)23-19(24)15-3-1-2-4-16(15)21/h1-11H,(H,23,24). The molecule has 6 heteroatoms. The summed E-state index contributed by atoms with van der Waals surface area (Å²) in [4.78, 5) is 12.3.